The van der Waals surface area contributed by atoms with Gasteiger partial charge in [0.15, 0.2) is 0 Å². The standard InChI is InChI=1S/C15H25NO3/c1-3-17-12-13(2)18-9-4-10-19-15-7-5-14(11-16)6-8-15/h5-8,13H,3-4,9-12,16H2,1-2H3. The van der Waals surface area contributed by atoms with Gasteiger partial charge in [-0.2, -0.15) is 0 Å². The van der Waals surface area contributed by atoms with Crippen LogP contribution in [0.1, 0.15) is 25.8 Å². The van der Waals surface area contributed by atoms with Crippen LogP contribution in [-0.4, -0.2) is 32.5 Å². The van der Waals surface area contributed by atoms with E-state index in [4.69, 9.17) is 19.9 Å². The minimum Gasteiger partial charge on any atom is -0.494 e. The van der Waals surface area contributed by atoms with Crippen molar-refractivity contribution in [3.8, 4) is 5.75 Å². The zero-order chi connectivity index (χ0) is 13.9. The van der Waals surface area contributed by atoms with Crippen molar-refractivity contribution in [2.24, 2.45) is 5.73 Å². The Balaban J connectivity index is 2.06. The monoisotopic (exact) mass is 267 g/mol. The molecule has 19 heavy (non-hydrogen) atoms. The minimum absolute atomic E-state index is 0.142. The molecule has 1 unspecified atom stereocenters. The van der Waals surface area contributed by atoms with E-state index in [0.29, 0.717) is 26.4 Å². The summed E-state index contributed by atoms with van der Waals surface area (Å²) in [7, 11) is 0. The quantitative estimate of drug-likeness (QED) is 0.661. The molecule has 0 aliphatic heterocycles. The van der Waals surface area contributed by atoms with E-state index < -0.39 is 0 Å². The van der Waals surface area contributed by atoms with Gasteiger partial charge in [0.05, 0.1) is 25.9 Å². The molecule has 1 rings (SSSR count). The summed E-state index contributed by atoms with van der Waals surface area (Å²) in [5.74, 6) is 0.875. The summed E-state index contributed by atoms with van der Waals surface area (Å²) in [6.45, 7) is 7.29. The molecule has 0 aliphatic rings. The molecule has 0 saturated heterocycles. The van der Waals surface area contributed by atoms with Gasteiger partial charge in [-0.15, -0.1) is 0 Å². The first-order valence-electron chi connectivity index (χ1n) is 6.87. The van der Waals surface area contributed by atoms with Crippen LogP contribution >= 0.6 is 0 Å². The third-order valence-electron chi connectivity index (χ3n) is 2.68. The first-order chi connectivity index (χ1) is 9.26. The van der Waals surface area contributed by atoms with Crippen LogP contribution in [0.2, 0.25) is 0 Å². The molecule has 0 aromatic heterocycles. The van der Waals surface area contributed by atoms with Crippen molar-refractivity contribution in [1.29, 1.82) is 0 Å². The van der Waals surface area contributed by atoms with E-state index in [1.165, 1.54) is 0 Å². The van der Waals surface area contributed by atoms with Gasteiger partial charge < -0.3 is 19.9 Å². The van der Waals surface area contributed by atoms with Gasteiger partial charge in [0, 0.05) is 19.6 Å². The fourth-order valence-electron chi connectivity index (χ4n) is 1.59. The van der Waals surface area contributed by atoms with Crippen molar-refractivity contribution in [1.82, 2.24) is 0 Å². The lowest BCUT2D eigenvalue weighted by Crippen LogP contribution is -2.17. The summed E-state index contributed by atoms with van der Waals surface area (Å²) < 4.78 is 16.5. The van der Waals surface area contributed by atoms with Crippen LogP contribution in [0.4, 0.5) is 0 Å². The normalized spacial score (nSPS) is 12.4. The van der Waals surface area contributed by atoms with Crippen LogP contribution in [0.25, 0.3) is 0 Å². The lowest BCUT2D eigenvalue weighted by atomic mass is 10.2. The van der Waals surface area contributed by atoms with Gasteiger partial charge in [-0.1, -0.05) is 12.1 Å². The average Bonchev–Trinajstić information content (AvgIpc) is 2.45. The summed E-state index contributed by atoms with van der Waals surface area (Å²) in [6.07, 6.45) is 1.01. The first kappa shape index (κ1) is 16.0. The number of hydrogen-bond acceptors (Lipinski definition) is 4. The minimum atomic E-state index is 0.142. The van der Waals surface area contributed by atoms with Crippen molar-refractivity contribution in [3.63, 3.8) is 0 Å². The summed E-state index contributed by atoms with van der Waals surface area (Å²) >= 11 is 0. The molecule has 4 heteroatoms. The second kappa shape index (κ2) is 9.78. The molecule has 0 radical (unpaired) electrons. The highest BCUT2D eigenvalue weighted by molar-refractivity contribution is 5.26. The van der Waals surface area contributed by atoms with Crippen molar-refractivity contribution in [2.75, 3.05) is 26.4 Å². The maximum absolute atomic E-state index is 5.62. The van der Waals surface area contributed by atoms with Crippen molar-refractivity contribution in [2.45, 2.75) is 32.9 Å². The highest BCUT2D eigenvalue weighted by Gasteiger charge is 2.01. The Labute approximate surface area is 115 Å². The van der Waals surface area contributed by atoms with Gasteiger partial charge >= 0.3 is 0 Å². The fraction of sp³-hybridized carbons (Fsp3) is 0.600. The number of ether oxygens (including phenoxy) is 3. The van der Waals surface area contributed by atoms with E-state index in [9.17, 15) is 0 Å². The van der Waals surface area contributed by atoms with E-state index in [-0.39, 0.29) is 6.10 Å². The number of rotatable bonds is 10. The number of hydrogen-bond donors (Lipinski definition) is 1. The molecule has 0 fully saturated rings. The zero-order valence-corrected chi connectivity index (χ0v) is 11.9. The summed E-state index contributed by atoms with van der Waals surface area (Å²) in [4.78, 5) is 0. The van der Waals surface area contributed by atoms with Gasteiger partial charge in [-0.05, 0) is 31.5 Å². The summed E-state index contributed by atoms with van der Waals surface area (Å²) in [5, 5.41) is 0. The number of nitrogens with two attached hydrogens (primary N) is 1. The van der Waals surface area contributed by atoms with Crippen molar-refractivity contribution < 1.29 is 14.2 Å². The largest absolute Gasteiger partial charge is 0.494 e. The molecule has 0 bridgehead atoms. The van der Waals surface area contributed by atoms with Crippen molar-refractivity contribution in [3.05, 3.63) is 29.8 Å². The van der Waals surface area contributed by atoms with Crippen LogP contribution in [0.15, 0.2) is 24.3 Å². The molecule has 108 valence electrons. The Hall–Kier alpha value is -1.10. The average molecular weight is 267 g/mol. The third kappa shape index (κ3) is 7.15. The smallest absolute Gasteiger partial charge is 0.119 e. The summed E-state index contributed by atoms with van der Waals surface area (Å²) in [6, 6.07) is 7.85. The zero-order valence-electron chi connectivity index (χ0n) is 11.9. The fourth-order valence-corrected chi connectivity index (χ4v) is 1.59. The predicted molar refractivity (Wildman–Crippen MR) is 76.4 cm³/mol. The van der Waals surface area contributed by atoms with E-state index in [0.717, 1.165) is 24.3 Å². The highest BCUT2D eigenvalue weighted by atomic mass is 16.5. The second-order valence-electron chi connectivity index (χ2n) is 4.39. The molecule has 0 spiro atoms. The maximum atomic E-state index is 5.62. The van der Waals surface area contributed by atoms with Gasteiger partial charge in [-0.3, -0.25) is 0 Å². The Morgan fingerprint density at radius 2 is 1.89 bits per heavy atom. The Bertz CT molecular complexity index is 327. The molecule has 0 aliphatic carbocycles. The van der Waals surface area contributed by atoms with Gasteiger partial charge in [-0.25, -0.2) is 0 Å². The molecule has 1 aromatic carbocycles. The lowest BCUT2D eigenvalue weighted by Gasteiger charge is -2.13. The molecule has 0 heterocycles. The Kier molecular flexibility index (Phi) is 8.21. The molecule has 4 nitrogen and oxygen atoms in total. The van der Waals surface area contributed by atoms with Gasteiger partial charge in [0.2, 0.25) is 0 Å². The van der Waals surface area contributed by atoms with Crippen LogP contribution in [0.3, 0.4) is 0 Å². The van der Waals surface area contributed by atoms with Gasteiger partial charge in [0.25, 0.3) is 0 Å². The summed E-state index contributed by atoms with van der Waals surface area (Å²) in [5.41, 5.74) is 6.65. The Morgan fingerprint density at radius 3 is 2.53 bits per heavy atom. The first-order valence-corrected chi connectivity index (χ1v) is 6.87. The van der Waals surface area contributed by atoms with Crippen LogP contribution in [0.5, 0.6) is 5.75 Å². The third-order valence-corrected chi connectivity index (χ3v) is 2.68. The second-order valence-corrected chi connectivity index (χ2v) is 4.39. The SMILES string of the molecule is CCOCC(C)OCCCOc1ccc(CN)cc1. The van der Waals surface area contributed by atoms with Crippen LogP contribution < -0.4 is 10.5 Å². The number of benzene rings is 1. The molecule has 1 atom stereocenters. The molecule has 1 aromatic rings. The highest BCUT2D eigenvalue weighted by Crippen LogP contribution is 2.11. The molecular weight excluding hydrogens is 242 g/mol. The van der Waals surface area contributed by atoms with E-state index in [2.05, 4.69) is 0 Å². The lowest BCUT2D eigenvalue weighted by molar-refractivity contribution is -0.00666. The van der Waals surface area contributed by atoms with E-state index >= 15 is 0 Å². The maximum Gasteiger partial charge on any atom is 0.119 e. The topological polar surface area (TPSA) is 53.7 Å². The molecule has 0 saturated carbocycles. The van der Waals surface area contributed by atoms with Crippen molar-refractivity contribution >= 4 is 0 Å². The van der Waals surface area contributed by atoms with Crippen LogP contribution in [-0.2, 0) is 16.0 Å². The van der Waals surface area contributed by atoms with Gasteiger partial charge in [0.1, 0.15) is 5.75 Å². The van der Waals surface area contributed by atoms with E-state index in [1.807, 2.05) is 38.1 Å². The molecule has 2 N–H and O–H groups in total. The molecule has 0 amide bonds. The predicted octanol–water partition coefficient (Wildman–Crippen LogP) is 2.36. The van der Waals surface area contributed by atoms with Crippen LogP contribution in [0, 0.1) is 0 Å². The molecular formula is C15H25NO3. The Morgan fingerprint density at radius 1 is 1.16 bits per heavy atom. The van der Waals surface area contributed by atoms with E-state index in [1.54, 1.807) is 0 Å².